The van der Waals surface area contributed by atoms with Crippen LogP contribution in [0.15, 0.2) is 47.5 Å². The summed E-state index contributed by atoms with van der Waals surface area (Å²) in [6, 6.07) is 6.52. The number of carbonyl (C=O) groups excluding carboxylic acids is 2. The molecule has 1 aromatic carbocycles. The molecule has 0 radical (unpaired) electrons. The summed E-state index contributed by atoms with van der Waals surface area (Å²) in [4.78, 5) is 29.6. The zero-order chi connectivity index (χ0) is 24.7. The molecular formula is C23H27ClN6O2S2. The smallest absolute Gasteiger partial charge is 0.253 e. The van der Waals surface area contributed by atoms with Crippen LogP contribution in [0.25, 0.3) is 0 Å². The normalized spacial score (nSPS) is 11.9. The molecule has 3 rings (SSSR count). The standard InChI is InChI=1S/C23H27ClN6O2S2/c1-5-10-30-20(18(11-14(2)3)26-21(32)16-8-6-7-9-17(16)24)28-29-23(30)34-13-19(31)27-22-25-15(4)12-33-22/h5-9,12,14,18H,1,10-11,13H2,2-4H3,(H,26,32)(H,25,27,31)/t18-/m0/s1. The van der Waals surface area contributed by atoms with Crippen LogP contribution in [0.3, 0.4) is 0 Å². The van der Waals surface area contributed by atoms with Crippen molar-refractivity contribution in [3.8, 4) is 0 Å². The molecule has 3 aromatic rings. The van der Waals surface area contributed by atoms with Gasteiger partial charge >= 0.3 is 0 Å². The van der Waals surface area contributed by atoms with Crippen molar-refractivity contribution < 1.29 is 9.59 Å². The van der Waals surface area contributed by atoms with Crippen LogP contribution in [-0.2, 0) is 11.3 Å². The SMILES string of the molecule is C=CCn1c(SCC(=O)Nc2nc(C)cs2)nnc1[C@H](CC(C)C)NC(=O)c1ccccc1Cl. The lowest BCUT2D eigenvalue weighted by atomic mass is 10.0. The van der Waals surface area contributed by atoms with E-state index in [0.29, 0.717) is 39.7 Å². The van der Waals surface area contributed by atoms with Gasteiger partial charge < -0.3 is 15.2 Å². The lowest BCUT2D eigenvalue weighted by Crippen LogP contribution is -2.32. The monoisotopic (exact) mass is 518 g/mol. The van der Waals surface area contributed by atoms with E-state index in [1.807, 2.05) is 16.9 Å². The van der Waals surface area contributed by atoms with Crippen molar-refractivity contribution in [1.82, 2.24) is 25.1 Å². The van der Waals surface area contributed by atoms with Crippen LogP contribution in [0.2, 0.25) is 5.02 Å². The van der Waals surface area contributed by atoms with Gasteiger partial charge in [0.05, 0.1) is 28.1 Å². The third kappa shape index (κ3) is 6.91. The van der Waals surface area contributed by atoms with Crippen molar-refractivity contribution >= 4 is 51.6 Å². The van der Waals surface area contributed by atoms with Crippen molar-refractivity contribution in [2.45, 2.75) is 44.9 Å². The van der Waals surface area contributed by atoms with E-state index in [-0.39, 0.29) is 23.5 Å². The van der Waals surface area contributed by atoms with E-state index >= 15 is 0 Å². The van der Waals surface area contributed by atoms with E-state index < -0.39 is 6.04 Å². The largest absolute Gasteiger partial charge is 0.342 e. The molecule has 34 heavy (non-hydrogen) atoms. The number of thioether (sulfide) groups is 1. The van der Waals surface area contributed by atoms with Crippen LogP contribution in [0, 0.1) is 12.8 Å². The minimum atomic E-state index is -0.391. The number of anilines is 1. The van der Waals surface area contributed by atoms with E-state index in [2.05, 4.69) is 46.2 Å². The first-order valence-corrected chi connectivity index (χ1v) is 13.0. The number of aryl methyl sites for hydroxylation is 1. The van der Waals surface area contributed by atoms with Crippen molar-refractivity contribution in [3.63, 3.8) is 0 Å². The molecule has 0 bridgehead atoms. The molecule has 0 unspecified atom stereocenters. The maximum atomic E-state index is 13.0. The van der Waals surface area contributed by atoms with Crippen molar-refractivity contribution in [1.29, 1.82) is 0 Å². The number of hydrogen-bond acceptors (Lipinski definition) is 7. The number of amides is 2. The van der Waals surface area contributed by atoms with Gasteiger partial charge in [0, 0.05) is 11.9 Å². The van der Waals surface area contributed by atoms with E-state index in [9.17, 15) is 9.59 Å². The average molecular weight is 519 g/mol. The first kappa shape index (κ1) is 25.9. The Balaban J connectivity index is 1.78. The topological polar surface area (TPSA) is 102 Å². The Morgan fingerprint density at radius 2 is 2.06 bits per heavy atom. The van der Waals surface area contributed by atoms with Gasteiger partial charge in [-0.3, -0.25) is 9.59 Å². The molecule has 1 atom stereocenters. The molecule has 2 N–H and O–H groups in total. The molecule has 0 aliphatic rings. The molecule has 0 saturated carbocycles. The summed E-state index contributed by atoms with van der Waals surface area (Å²) in [5.74, 6) is 0.576. The van der Waals surface area contributed by atoms with Gasteiger partial charge in [-0.25, -0.2) is 4.98 Å². The molecule has 0 aliphatic heterocycles. The zero-order valence-corrected chi connectivity index (χ0v) is 21.6. The van der Waals surface area contributed by atoms with Gasteiger partial charge in [0.1, 0.15) is 0 Å². The highest BCUT2D eigenvalue weighted by atomic mass is 35.5. The number of hydrogen-bond donors (Lipinski definition) is 2. The van der Waals surface area contributed by atoms with Crippen LogP contribution < -0.4 is 10.6 Å². The number of rotatable bonds is 11. The summed E-state index contributed by atoms with van der Waals surface area (Å²) in [7, 11) is 0. The number of allylic oxidation sites excluding steroid dienone is 1. The second-order valence-corrected chi connectivity index (χ2v) is 10.2. The van der Waals surface area contributed by atoms with Gasteiger partial charge in [0.2, 0.25) is 5.91 Å². The highest BCUT2D eigenvalue weighted by Gasteiger charge is 2.25. The molecule has 0 fully saturated rings. The zero-order valence-electron chi connectivity index (χ0n) is 19.2. The van der Waals surface area contributed by atoms with Crippen molar-refractivity contribution in [2.24, 2.45) is 5.92 Å². The molecule has 0 spiro atoms. The lowest BCUT2D eigenvalue weighted by Gasteiger charge is -2.21. The molecule has 2 aromatic heterocycles. The highest BCUT2D eigenvalue weighted by Crippen LogP contribution is 2.26. The summed E-state index contributed by atoms with van der Waals surface area (Å²) in [6.45, 7) is 10.3. The average Bonchev–Trinajstić information content (AvgIpc) is 3.37. The summed E-state index contributed by atoms with van der Waals surface area (Å²) < 4.78 is 1.87. The Kier molecular flexibility index (Phi) is 9.26. The minimum absolute atomic E-state index is 0.148. The van der Waals surface area contributed by atoms with Gasteiger partial charge in [-0.1, -0.05) is 55.4 Å². The number of nitrogens with zero attached hydrogens (tertiary/aromatic N) is 4. The van der Waals surface area contributed by atoms with Crippen LogP contribution in [-0.4, -0.2) is 37.3 Å². The number of benzene rings is 1. The van der Waals surface area contributed by atoms with Gasteiger partial charge in [-0.05, 0) is 31.4 Å². The predicted octanol–water partition coefficient (Wildman–Crippen LogP) is 5.13. The fraction of sp³-hybridized carbons (Fsp3) is 0.348. The summed E-state index contributed by atoms with van der Waals surface area (Å²) >= 11 is 8.87. The van der Waals surface area contributed by atoms with Gasteiger partial charge in [-0.15, -0.1) is 28.1 Å². The van der Waals surface area contributed by atoms with E-state index in [0.717, 1.165) is 5.69 Å². The predicted molar refractivity (Wildman–Crippen MR) is 138 cm³/mol. The van der Waals surface area contributed by atoms with Gasteiger partial charge in [-0.2, -0.15) is 0 Å². The van der Waals surface area contributed by atoms with Crippen molar-refractivity contribution in [3.05, 3.63) is 64.4 Å². The quantitative estimate of drug-likeness (QED) is 0.269. The second-order valence-electron chi connectivity index (χ2n) is 8.01. The fourth-order valence-electron chi connectivity index (χ4n) is 3.24. The second kappa shape index (κ2) is 12.1. The maximum Gasteiger partial charge on any atom is 0.253 e. The third-order valence-corrected chi connectivity index (χ3v) is 6.87. The Labute approximate surface area is 212 Å². The van der Waals surface area contributed by atoms with Crippen LogP contribution in [0.4, 0.5) is 5.13 Å². The third-order valence-electron chi connectivity index (χ3n) is 4.70. The van der Waals surface area contributed by atoms with Gasteiger partial charge in [0.25, 0.3) is 5.91 Å². The molecule has 2 heterocycles. The summed E-state index contributed by atoms with van der Waals surface area (Å²) in [5, 5.41) is 17.9. The van der Waals surface area contributed by atoms with E-state index in [1.54, 1.807) is 30.3 Å². The number of aromatic nitrogens is 4. The number of halogens is 1. The molecule has 180 valence electrons. The van der Waals surface area contributed by atoms with Crippen LogP contribution >= 0.6 is 34.7 Å². The number of carbonyl (C=O) groups is 2. The molecule has 11 heteroatoms. The van der Waals surface area contributed by atoms with Crippen LogP contribution in [0.1, 0.15) is 48.2 Å². The summed E-state index contributed by atoms with van der Waals surface area (Å²) in [6.07, 6.45) is 2.39. The number of thiazole rings is 1. The molecule has 2 amide bonds. The molecule has 8 nitrogen and oxygen atoms in total. The van der Waals surface area contributed by atoms with E-state index in [1.165, 1.54) is 23.1 Å². The van der Waals surface area contributed by atoms with Crippen molar-refractivity contribution in [2.75, 3.05) is 11.1 Å². The first-order chi connectivity index (χ1) is 16.3. The molecule has 0 aliphatic carbocycles. The number of nitrogens with one attached hydrogen (secondary N) is 2. The van der Waals surface area contributed by atoms with E-state index in [4.69, 9.17) is 11.6 Å². The first-order valence-electron chi connectivity index (χ1n) is 10.7. The van der Waals surface area contributed by atoms with Gasteiger partial charge in [0.15, 0.2) is 16.1 Å². The van der Waals surface area contributed by atoms with Crippen LogP contribution in [0.5, 0.6) is 0 Å². The lowest BCUT2D eigenvalue weighted by molar-refractivity contribution is -0.113. The fourth-order valence-corrected chi connectivity index (χ4v) is 4.92. The molecular weight excluding hydrogens is 492 g/mol. The summed E-state index contributed by atoms with van der Waals surface area (Å²) in [5.41, 5.74) is 1.26. The maximum absolute atomic E-state index is 13.0. The highest BCUT2D eigenvalue weighted by molar-refractivity contribution is 7.99. The Hall–Kier alpha value is -2.69. The Bertz CT molecular complexity index is 1160. The Morgan fingerprint density at radius 3 is 2.71 bits per heavy atom. The molecule has 0 saturated heterocycles. The minimum Gasteiger partial charge on any atom is -0.342 e. The Morgan fingerprint density at radius 1 is 1.29 bits per heavy atom.